The van der Waals surface area contributed by atoms with Gasteiger partial charge in [0.1, 0.15) is 72.2 Å². The number of amides is 12. The van der Waals surface area contributed by atoms with E-state index < -0.39 is 275 Å². The highest BCUT2D eigenvalue weighted by molar-refractivity contribution is 6.00. The third kappa shape index (κ3) is 35.7. The summed E-state index contributed by atoms with van der Waals surface area (Å²) in [4.78, 5) is 248. The molecule has 111 heavy (non-hydrogen) atoms. The van der Waals surface area contributed by atoms with Crippen LogP contribution in [-0.4, -0.2) is 244 Å². The van der Waals surface area contributed by atoms with Gasteiger partial charge in [-0.1, -0.05) is 76.6 Å². The number of halogens is 3. The highest BCUT2D eigenvalue weighted by atomic mass is 19.4. The lowest BCUT2D eigenvalue weighted by Crippen LogP contribution is -2.61. The number of phenols is 1. The topological polar surface area (TPSA) is 662 Å². The molecule has 0 aromatic heterocycles. The number of nitrogens with zero attached hydrogens (tertiary/aromatic N) is 1. The van der Waals surface area contributed by atoms with E-state index in [4.69, 9.17) is 21.4 Å². The minimum absolute atomic E-state index is 0.109. The number of nitrogens with one attached hydrogen (secondary N) is 10. The lowest BCUT2D eigenvalue weighted by molar-refractivity contribution is -0.192. The second-order valence-electron chi connectivity index (χ2n) is 26.0. The van der Waals surface area contributed by atoms with Crippen LogP contribution < -0.4 is 64.6 Å². The normalized spacial score (nSPS) is 15.4. The molecule has 1 aliphatic heterocycles. The molecule has 12 atom stereocenters. The SMILES string of the molecule is CC[C@H](C)[C@H](NC(=O)[C@H](CCC(=O)O)NC(=O)[C@H](CCC(=O)O)NC(=O)[C@H](Cc1ccccc1)NC(=O)[C@H](CC(=O)O)NC(=O)CN)C(=O)N1CCC[C@H]1C(=O)N[C@@H](CCC(=O)O)C(=O)N[C@@H](CCC(=O)O)C(=O)N[C@@H](Cc1ccc(O)cc1)C(=O)N[C@@H](CC(C)C)C(=O)N[C@@H](CCC(N)=O)C(=O)O.O=C(O)C(F)(F)F. The molecule has 614 valence electrons. The molecule has 1 heterocycles. The lowest BCUT2D eigenvalue weighted by atomic mass is 9.96. The molecular formula is C68H94F3N13O27. The summed E-state index contributed by atoms with van der Waals surface area (Å²) in [6.07, 6.45) is -13.6. The minimum Gasteiger partial charge on any atom is -0.508 e. The summed E-state index contributed by atoms with van der Waals surface area (Å²) < 4.78 is 31.7. The predicted octanol–water partition coefficient (Wildman–Crippen LogP) is -3.02. The summed E-state index contributed by atoms with van der Waals surface area (Å²) in [7, 11) is 0. The van der Waals surface area contributed by atoms with Gasteiger partial charge in [-0.2, -0.15) is 13.2 Å². The molecule has 3 rings (SSSR count). The summed E-state index contributed by atoms with van der Waals surface area (Å²) in [5, 5.41) is 98.9. The van der Waals surface area contributed by atoms with Crippen LogP contribution in [0.15, 0.2) is 54.6 Å². The van der Waals surface area contributed by atoms with E-state index >= 15 is 0 Å². The number of likely N-dealkylation sites (tertiary alicyclic amines) is 1. The van der Waals surface area contributed by atoms with Gasteiger partial charge in [0.15, 0.2) is 0 Å². The number of phenolic OH excluding ortho intramolecular Hbond substituents is 1. The van der Waals surface area contributed by atoms with Crippen LogP contribution in [0.1, 0.15) is 135 Å². The van der Waals surface area contributed by atoms with Gasteiger partial charge in [-0.15, -0.1) is 0 Å². The highest BCUT2D eigenvalue weighted by Gasteiger charge is 2.43. The van der Waals surface area contributed by atoms with Crippen molar-refractivity contribution in [2.75, 3.05) is 13.1 Å². The first-order valence-electron chi connectivity index (χ1n) is 34.6. The molecule has 0 radical (unpaired) electrons. The summed E-state index contributed by atoms with van der Waals surface area (Å²) in [6.45, 7) is 5.63. The van der Waals surface area contributed by atoms with Gasteiger partial charge in [-0.3, -0.25) is 81.5 Å². The van der Waals surface area contributed by atoms with Gasteiger partial charge in [-0.25, -0.2) is 9.59 Å². The lowest BCUT2D eigenvalue weighted by Gasteiger charge is -2.33. The van der Waals surface area contributed by atoms with Gasteiger partial charge in [0.25, 0.3) is 0 Å². The molecule has 0 bridgehead atoms. The second-order valence-corrected chi connectivity index (χ2v) is 26.0. The molecule has 22 N–H and O–H groups in total. The van der Waals surface area contributed by atoms with E-state index in [9.17, 15) is 135 Å². The van der Waals surface area contributed by atoms with Crippen LogP contribution in [0, 0.1) is 11.8 Å². The number of primary amides is 1. The van der Waals surface area contributed by atoms with Crippen molar-refractivity contribution in [3.05, 3.63) is 65.7 Å². The molecule has 0 unspecified atom stereocenters. The summed E-state index contributed by atoms with van der Waals surface area (Å²) in [5.74, 6) is -26.3. The zero-order valence-electron chi connectivity index (χ0n) is 60.7. The van der Waals surface area contributed by atoms with Crippen molar-refractivity contribution < 1.29 is 145 Å². The summed E-state index contributed by atoms with van der Waals surface area (Å²) in [6, 6.07) is -5.73. The highest BCUT2D eigenvalue weighted by Crippen LogP contribution is 2.23. The number of alkyl halides is 3. The zero-order valence-corrected chi connectivity index (χ0v) is 60.7. The van der Waals surface area contributed by atoms with Crippen LogP contribution >= 0.6 is 0 Å². The van der Waals surface area contributed by atoms with E-state index in [-0.39, 0.29) is 50.3 Å². The number of aromatic hydroxyl groups is 1. The summed E-state index contributed by atoms with van der Waals surface area (Å²) in [5.41, 5.74) is 11.2. The Bertz CT molecular complexity index is 3650. The van der Waals surface area contributed by atoms with Crippen LogP contribution in [0.3, 0.4) is 0 Å². The third-order valence-corrected chi connectivity index (χ3v) is 16.8. The first-order valence-corrected chi connectivity index (χ1v) is 34.6. The molecule has 2 aromatic carbocycles. The first-order chi connectivity index (χ1) is 51.9. The number of carboxylic acid groups (broad SMARTS) is 7. The fraction of sp³-hybridized carbons (Fsp3) is 0.544. The van der Waals surface area contributed by atoms with Crippen LogP contribution in [0.5, 0.6) is 5.75 Å². The Morgan fingerprint density at radius 3 is 1.23 bits per heavy atom. The van der Waals surface area contributed by atoms with Gasteiger partial charge in [0.05, 0.1) is 13.0 Å². The zero-order chi connectivity index (χ0) is 84.2. The van der Waals surface area contributed by atoms with E-state index in [2.05, 4.69) is 53.2 Å². The van der Waals surface area contributed by atoms with Crippen molar-refractivity contribution >= 4 is 113 Å². The third-order valence-electron chi connectivity index (χ3n) is 16.8. The standard InChI is InChI=1S/C66H93N13O25.C2HF3O2/c1-5-34(4)55(78-59(96)41(21-26-53(89)90)71-56(93)38(18-23-50(83)84)72-61(98)44(29-35-10-7-6-8-11-35)77-63(100)46(31-54(91)92)69-49(82)32-67)65(102)79-27-9-12-47(79)64(101)73-40(20-25-52(87)88)57(94)70-39(19-24-51(85)86)58(95)76-45(30-36-13-15-37(80)16-14-36)62(99)75-43(28-33(2)3)60(97)74-42(66(103)104)17-22-48(68)81;3-2(4,5)1(6)7/h6-8,10-11,13-16,33-34,38-47,55,80H,5,9,12,17-32,67H2,1-4H3,(H2,68,81)(H,69,82)(H,70,94)(H,71,93)(H,72,98)(H,73,101)(H,74,97)(H,75,99)(H,76,95)(H,77,100)(H,78,96)(H,83,84)(H,85,86)(H,87,88)(H,89,90)(H,91,92)(H,103,104);(H,6,7)/t34-,38-,39-,40-,41-,42-,43-,44-,45-,46-,47-,55-;/m0./s1. The first kappa shape index (κ1) is 95.0. The van der Waals surface area contributed by atoms with E-state index in [1.165, 1.54) is 31.2 Å². The van der Waals surface area contributed by atoms with Crippen molar-refractivity contribution in [3.8, 4) is 5.75 Å². The van der Waals surface area contributed by atoms with E-state index in [0.29, 0.717) is 11.1 Å². The van der Waals surface area contributed by atoms with Crippen LogP contribution in [0.2, 0.25) is 0 Å². The Balaban J connectivity index is 0.00000567. The van der Waals surface area contributed by atoms with Crippen molar-refractivity contribution in [1.29, 1.82) is 0 Å². The molecule has 1 fully saturated rings. The monoisotopic (exact) mass is 1580 g/mol. The number of carboxylic acids is 7. The smallest absolute Gasteiger partial charge is 0.490 e. The minimum atomic E-state index is -5.08. The average Bonchev–Trinajstić information content (AvgIpc) is 1.75. The molecule has 0 saturated carbocycles. The van der Waals surface area contributed by atoms with Gasteiger partial charge in [0.2, 0.25) is 70.9 Å². The second kappa shape index (κ2) is 47.0. The van der Waals surface area contributed by atoms with Crippen LogP contribution in [0.25, 0.3) is 0 Å². The Morgan fingerprint density at radius 1 is 0.477 bits per heavy atom. The van der Waals surface area contributed by atoms with Gasteiger partial charge >= 0.3 is 48.0 Å². The largest absolute Gasteiger partial charge is 0.508 e. The maximum Gasteiger partial charge on any atom is 0.490 e. The predicted molar refractivity (Wildman–Crippen MR) is 373 cm³/mol. The number of carbonyl (C=O) groups excluding carboxylic acids is 12. The molecule has 12 amide bonds. The maximum atomic E-state index is 14.8. The van der Waals surface area contributed by atoms with Gasteiger partial charge in [0, 0.05) is 51.5 Å². The molecule has 1 aliphatic rings. The van der Waals surface area contributed by atoms with E-state index in [0.717, 1.165) is 4.90 Å². The number of hydrogen-bond donors (Lipinski definition) is 20. The number of hydrogen-bond acceptors (Lipinski definition) is 21. The molecule has 2 aromatic rings. The van der Waals surface area contributed by atoms with Gasteiger partial charge in [-0.05, 0) is 86.5 Å². The Kier molecular flexibility index (Phi) is 40.2. The number of nitrogens with two attached hydrogens (primary N) is 2. The van der Waals surface area contributed by atoms with E-state index in [1.54, 1.807) is 51.1 Å². The number of carbonyl (C=O) groups is 19. The Labute approximate surface area is 631 Å². The number of rotatable bonds is 47. The Hall–Kier alpha value is -12.1. The molecule has 1 saturated heterocycles. The molecule has 0 spiro atoms. The van der Waals surface area contributed by atoms with Crippen molar-refractivity contribution in [2.45, 2.75) is 209 Å². The average molecular weight is 1580 g/mol. The molecule has 0 aliphatic carbocycles. The fourth-order valence-electron chi connectivity index (χ4n) is 10.8. The van der Waals surface area contributed by atoms with Crippen molar-refractivity contribution in [2.24, 2.45) is 23.3 Å². The summed E-state index contributed by atoms with van der Waals surface area (Å²) >= 11 is 0. The van der Waals surface area contributed by atoms with Crippen LogP contribution in [-0.2, 0) is 104 Å². The van der Waals surface area contributed by atoms with Crippen LogP contribution in [0.4, 0.5) is 13.2 Å². The molecule has 40 nitrogen and oxygen atoms in total. The number of aliphatic carboxylic acids is 7. The van der Waals surface area contributed by atoms with E-state index in [1.807, 2.05) is 0 Å². The van der Waals surface area contributed by atoms with Gasteiger partial charge < -0.3 is 110 Å². The quantitative estimate of drug-likeness (QED) is 0.0314. The maximum absolute atomic E-state index is 14.8. The Morgan fingerprint density at radius 2 is 0.847 bits per heavy atom. The number of benzene rings is 2. The van der Waals surface area contributed by atoms with Crippen molar-refractivity contribution in [1.82, 2.24) is 58.1 Å². The molecular weight excluding hydrogens is 1490 g/mol. The molecule has 43 heteroatoms. The fourth-order valence-corrected chi connectivity index (χ4v) is 10.8. The van der Waals surface area contributed by atoms with Crippen molar-refractivity contribution in [3.63, 3.8) is 0 Å².